The third kappa shape index (κ3) is 8.89. The van der Waals surface area contributed by atoms with Gasteiger partial charge in [-0.15, -0.1) is 0 Å². The SMILES string of the molecule is C=O.CCCCCCc1cc2ccccc2c(S(=O)(=O)O)c1CCCCCC.[Na]. The van der Waals surface area contributed by atoms with E-state index in [9.17, 15) is 13.0 Å². The van der Waals surface area contributed by atoms with Crippen LogP contribution in [0.2, 0.25) is 0 Å². The van der Waals surface area contributed by atoms with Gasteiger partial charge in [0.15, 0.2) is 0 Å². The van der Waals surface area contributed by atoms with Crippen molar-refractivity contribution in [3.8, 4) is 0 Å². The molecule has 0 aliphatic carbocycles. The molecule has 2 rings (SSSR count). The molecule has 2 aromatic carbocycles. The van der Waals surface area contributed by atoms with Gasteiger partial charge in [0, 0.05) is 34.9 Å². The average molecular weight is 430 g/mol. The summed E-state index contributed by atoms with van der Waals surface area (Å²) in [6, 6.07) is 9.61. The fourth-order valence-corrected chi connectivity index (χ4v) is 4.68. The van der Waals surface area contributed by atoms with Crippen molar-refractivity contribution in [3.63, 3.8) is 0 Å². The van der Waals surface area contributed by atoms with E-state index >= 15 is 0 Å². The molecular weight excluding hydrogens is 395 g/mol. The maximum atomic E-state index is 12.2. The Morgan fingerprint density at radius 3 is 1.97 bits per heavy atom. The van der Waals surface area contributed by atoms with Crippen molar-refractivity contribution in [3.05, 3.63) is 41.5 Å². The predicted octanol–water partition coefficient (Wildman–Crippen LogP) is 5.77. The Bertz CT molecular complexity index is 834. The Balaban J connectivity index is 0.00000253. The van der Waals surface area contributed by atoms with Crippen LogP contribution in [-0.2, 0) is 27.8 Å². The van der Waals surface area contributed by atoms with E-state index in [0.29, 0.717) is 11.8 Å². The Labute approximate surface area is 198 Å². The molecule has 1 radical (unpaired) electrons. The number of benzene rings is 2. The Morgan fingerprint density at radius 1 is 0.862 bits per heavy atom. The van der Waals surface area contributed by atoms with Crippen LogP contribution in [0, 0.1) is 0 Å². The number of hydrogen-bond acceptors (Lipinski definition) is 3. The van der Waals surface area contributed by atoms with Gasteiger partial charge in [-0.25, -0.2) is 0 Å². The van der Waals surface area contributed by atoms with Crippen LogP contribution in [0.15, 0.2) is 35.2 Å². The number of aryl methyl sites for hydroxylation is 1. The molecular formula is C23H34NaO4S. The quantitative estimate of drug-likeness (QED) is 0.280. The number of unbranched alkanes of at least 4 members (excludes halogenated alkanes) is 6. The molecule has 157 valence electrons. The molecule has 0 unspecified atom stereocenters. The minimum Gasteiger partial charge on any atom is -0.307 e. The second-order valence-electron chi connectivity index (χ2n) is 7.16. The summed E-state index contributed by atoms with van der Waals surface area (Å²) in [6.45, 7) is 6.35. The first-order chi connectivity index (χ1) is 13.5. The van der Waals surface area contributed by atoms with E-state index in [4.69, 9.17) is 4.79 Å². The number of fused-ring (bicyclic) bond motifs is 1. The smallest absolute Gasteiger partial charge is 0.295 e. The number of carbonyl (C=O) groups is 1. The van der Waals surface area contributed by atoms with E-state index in [2.05, 4.69) is 19.9 Å². The molecule has 0 aromatic heterocycles. The van der Waals surface area contributed by atoms with E-state index in [1.54, 1.807) is 6.07 Å². The zero-order valence-corrected chi connectivity index (χ0v) is 21.1. The van der Waals surface area contributed by atoms with Crippen LogP contribution in [0.25, 0.3) is 10.8 Å². The van der Waals surface area contributed by atoms with Gasteiger partial charge in [0.05, 0.1) is 0 Å². The second-order valence-corrected chi connectivity index (χ2v) is 8.52. The summed E-state index contributed by atoms with van der Waals surface area (Å²) < 4.78 is 34.5. The molecule has 0 heterocycles. The average Bonchev–Trinajstić information content (AvgIpc) is 2.69. The van der Waals surface area contributed by atoms with E-state index in [1.165, 1.54) is 12.8 Å². The normalized spacial score (nSPS) is 10.9. The molecule has 0 atom stereocenters. The summed E-state index contributed by atoms with van der Waals surface area (Å²) >= 11 is 0. The summed E-state index contributed by atoms with van der Waals surface area (Å²) in [5.74, 6) is 0. The van der Waals surface area contributed by atoms with Crippen molar-refractivity contribution in [2.24, 2.45) is 0 Å². The van der Waals surface area contributed by atoms with E-state index < -0.39 is 10.1 Å². The van der Waals surface area contributed by atoms with E-state index in [-0.39, 0.29) is 34.5 Å². The third-order valence-electron chi connectivity index (χ3n) is 5.03. The molecule has 4 nitrogen and oxygen atoms in total. The molecule has 0 bridgehead atoms. The summed E-state index contributed by atoms with van der Waals surface area (Å²) in [6.07, 6.45) is 10.5. The Morgan fingerprint density at radius 2 is 1.41 bits per heavy atom. The first kappa shape index (κ1) is 28.3. The minimum absolute atomic E-state index is 0. The van der Waals surface area contributed by atoms with E-state index in [1.807, 2.05) is 25.0 Å². The molecule has 0 aliphatic heterocycles. The zero-order chi connectivity index (χ0) is 21.0. The Kier molecular flexibility index (Phi) is 14.8. The van der Waals surface area contributed by atoms with Crippen LogP contribution in [0.4, 0.5) is 0 Å². The van der Waals surface area contributed by atoms with Crippen molar-refractivity contribution >= 4 is 57.2 Å². The standard InChI is InChI=1S/C22H32O3S.CH2O.Na/c1-3-5-7-9-13-18-17-19-14-11-12-16-21(19)22(26(23,24)25)20(18)15-10-8-6-4-2;1-2;/h11-12,14,16-17H,3-10,13,15H2,1-2H3,(H,23,24,25);1H2;. The summed E-state index contributed by atoms with van der Waals surface area (Å²) in [4.78, 5) is 8.14. The topological polar surface area (TPSA) is 71.4 Å². The first-order valence-corrected chi connectivity index (χ1v) is 11.7. The van der Waals surface area contributed by atoms with Crippen LogP contribution in [-0.4, -0.2) is 49.3 Å². The maximum absolute atomic E-state index is 12.2. The van der Waals surface area contributed by atoms with Crippen molar-refractivity contribution < 1.29 is 17.8 Å². The fourth-order valence-electron chi connectivity index (χ4n) is 3.68. The van der Waals surface area contributed by atoms with Crippen molar-refractivity contribution in [1.82, 2.24) is 0 Å². The van der Waals surface area contributed by atoms with Gasteiger partial charge in [0.1, 0.15) is 11.7 Å². The van der Waals surface area contributed by atoms with Crippen LogP contribution >= 0.6 is 0 Å². The van der Waals surface area contributed by atoms with Crippen molar-refractivity contribution in [1.29, 1.82) is 0 Å². The number of rotatable bonds is 11. The molecule has 1 N–H and O–H groups in total. The monoisotopic (exact) mass is 429 g/mol. The first-order valence-electron chi connectivity index (χ1n) is 10.3. The molecule has 0 saturated heterocycles. The maximum Gasteiger partial charge on any atom is 0.295 e. The molecule has 6 heteroatoms. The van der Waals surface area contributed by atoms with Gasteiger partial charge in [0.25, 0.3) is 10.1 Å². The third-order valence-corrected chi connectivity index (χ3v) is 6.02. The number of carbonyl (C=O) groups excluding carboxylic acids is 1. The van der Waals surface area contributed by atoms with Gasteiger partial charge in [-0.1, -0.05) is 82.7 Å². The Hall–Kier alpha value is -0.720. The van der Waals surface area contributed by atoms with Crippen LogP contribution in [0.1, 0.15) is 76.3 Å². The van der Waals surface area contributed by atoms with Crippen LogP contribution in [0.3, 0.4) is 0 Å². The number of hydrogen-bond donors (Lipinski definition) is 1. The largest absolute Gasteiger partial charge is 0.307 e. The molecule has 0 spiro atoms. The summed E-state index contributed by atoms with van der Waals surface area (Å²) in [5, 5.41) is 1.53. The van der Waals surface area contributed by atoms with Gasteiger partial charge < -0.3 is 4.79 Å². The fraction of sp³-hybridized carbons (Fsp3) is 0.522. The molecule has 0 saturated carbocycles. The van der Waals surface area contributed by atoms with Crippen molar-refractivity contribution in [2.45, 2.75) is 83.0 Å². The predicted molar refractivity (Wildman–Crippen MR) is 122 cm³/mol. The van der Waals surface area contributed by atoms with Crippen LogP contribution in [0.5, 0.6) is 0 Å². The molecule has 0 fully saturated rings. The zero-order valence-electron chi connectivity index (χ0n) is 18.2. The summed E-state index contributed by atoms with van der Waals surface area (Å²) in [5.41, 5.74) is 1.92. The molecule has 0 amide bonds. The van der Waals surface area contributed by atoms with Gasteiger partial charge in [-0.05, 0) is 42.2 Å². The molecule has 29 heavy (non-hydrogen) atoms. The van der Waals surface area contributed by atoms with Gasteiger partial charge in [0.2, 0.25) is 0 Å². The second kappa shape index (κ2) is 15.1. The molecule has 2 aromatic rings. The minimum atomic E-state index is -4.26. The van der Waals surface area contributed by atoms with Crippen molar-refractivity contribution in [2.75, 3.05) is 0 Å². The van der Waals surface area contributed by atoms with Gasteiger partial charge in [-0.2, -0.15) is 8.42 Å². The summed E-state index contributed by atoms with van der Waals surface area (Å²) in [7, 11) is -4.26. The van der Waals surface area contributed by atoms with Gasteiger partial charge in [-0.3, -0.25) is 4.55 Å². The van der Waals surface area contributed by atoms with Crippen LogP contribution < -0.4 is 0 Å². The van der Waals surface area contributed by atoms with Gasteiger partial charge >= 0.3 is 0 Å². The van der Waals surface area contributed by atoms with E-state index in [0.717, 1.165) is 61.5 Å². The molecule has 0 aliphatic rings.